The molecule has 0 radical (unpaired) electrons. The molecule has 15 heavy (non-hydrogen) atoms. The fourth-order valence-corrected chi connectivity index (χ4v) is 1.07. The Morgan fingerprint density at radius 3 is 2.47 bits per heavy atom. The molecule has 0 aliphatic heterocycles. The van der Waals surface area contributed by atoms with E-state index in [1.54, 1.807) is 18.9 Å². The maximum Gasteiger partial charge on any atom is 0.321 e. The number of nitrogens with zero attached hydrogens (tertiary/aromatic N) is 1. The number of hydrogen-bond acceptors (Lipinski definition) is 4. The Kier molecular flexibility index (Phi) is 5.80. The monoisotopic (exact) mass is 232 g/mol. The van der Waals surface area contributed by atoms with Crippen LogP contribution in [0.25, 0.3) is 0 Å². The normalized spacial score (nSPS) is 12.0. The van der Waals surface area contributed by atoms with Gasteiger partial charge < -0.3 is 11.1 Å². The molecule has 0 aromatic heterocycles. The van der Waals surface area contributed by atoms with E-state index in [0.717, 1.165) is 0 Å². The van der Waals surface area contributed by atoms with Gasteiger partial charge >= 0.3 is 6.03 Å². The summed E-state index contributed by atoms with van der Waals surface area (Å²) in [5.74, 6) is -0.395. The standard InChI is InChI=1S/C8H16N4O2S/c1-5(12(3)4-6(9)15)7(13)11-8(14)10-2/h5H,4H2,1-3H3,(H2,9,15)(H2,10,11,13,14). The topological polar surface area (TPSA) is 87.5 Å². The highest BCUT2D eigenvalue weighted by Gasteiger charge is 2.19. The largest absolute Gasteiger partial charge is 0.392 e. The van der Waals surface area contributed by atoms with Crippen LogP contribution in [0.5, 0.6) is 0 Å². The molecule has 1 unspecified atom stereocenters. The molecule has 86 valence electrons. The second kappa shape index (κ2) is 6.31. The molecule has 0 aliphatic rings. The van der Waals surface area contributed by atoms with Gasteiger partial charge in [0.1, 0.15) is 0 Å². The molecule has 3 amide bonds. The van der Waals surface area contributed by atoms with Gasteiger partial charge in [-0.05, 0) is 14.0 Å². The lowest BCUT2D eigenvalue weighted by atomic mass is 10.3. The number of carbonyl (C=O) groups excluding carboxylic acids is 2. The third-order valence-electron chi connectivity index (χ3n) is 1.91. The van der Waals surface area contributed by atoms with E-state index >= 15 is 0 Å². The Labute approximate surface area is 94.2 Å². The second-order valence-corrected chi connectivity index (χ2v) is 3.65. The highest BCUT2D eigenvalue weighted by molar-refractivity contribution is 7.80. The van der Waals surface area contributed by atoms with Gasteiger partial charge in [-0.15, -0.1) is 0 Å². The average Bonchev–Trinajstić information content (AvgIpc) is 2.15. The van der Waals surface area contributed by atoms with Crippen molar-refractivity contribution in [2.75, 3.05) is 20.6 Å². The Morgan fingerprint density at radius 2 is 2.07 bits per heavy atom. The molecule has 0 rings (SSSR count). The first-order valence-electron chi connectivity index (χ1n) is 4.39. The van der Waals surface area contributed by atoms with Crippen LogP contribution in [0.3, 0.4) is 0 Å². The molecule has 0 aromatic carbocycles. The summed E-state index contributed by atoms with van der Waals surface area (Å²) in [5, 5.41) is 4.46. The summed E-state index contributed by atoms with van der Waals surface area (Å²) in [6.07, 6.45) is 0. The third kappa shape index (κ3) is 5.28. The summed E-state index contributed by atoms with van der Waals surface area (Å²) in [7, 11) is 3.14. The first-order chi connectivity index (χ1) is 6.88. The summed E-state index contributed by atoms with van der Waals surface area (Å²) in [6.45, 7) is 1.99. The minimum absolute atomic E-state index is 0.303. The van der Waals surface area contributed by atoms with Gasteiger partial charge in [0.25, 0.3) is 0 Å². The number of hydrogen-bond donors (Lipinski definition) is 3. The van der Waals surface area contributed by atoms with Crippen molar-refractivity contribution in [1.82, 2.24) is 15.5 Å². The van der Waals surface area contributed by atoms with E-state index in [1.165, 1.54) is 7.05 Å². The van der Waals surface area contributed by atoms with Gasteiger partial charge in [-0.2, -0.15) is 0 Å². The zero-order valence-corrected chi connectivity index (χ0v) is 9.85. The number of nitrogens with one attached hydrogen (secondary N) is 2. The van der Waals surface area contributed by atoms with Gasteiger partial charge in [0.05, 0.1) is 11.0 Å². The summed E-state index contributed by atoms with van der Waals surface area (Å²) < 4.78 is 0. The Balaban J connectivity index is 4.18. The molecule has 0 saturated carbocycles. The summed E-state index contributed by atoms with van der Waals surface area (Å²) >= 11 is 4.71. The molecule has 0 aliphatic carbocycles. The van der Waals surface area contributed by atoms with Crippen molar-refractivity contribution in [3.05, 3.63) is 0 Å². The van der Waals surface area contributed by atoms with Crippen LogP contribution in [0.2, 0.25) is 0 Å². The molecule has 4 N–H and O–H groups in total. The van der Waals surface area contributed by atoms with Crippen LogP contribution in [0.15, 0.2) is 0 Å². The highest BCUT2D eigenvalue weighted by atomic mass is 32.1. The Morgan fingerprint density at radius 1 is 1.53 bits per heavy atom. The SMILES string of the molecule is CNC(=O)NC(=O)C(C)N(C)CC(N)=S. The van der Waals surface area contributed by atoms with E-state index in [9.17, 15) is 9.59 Å². The summed E-state index contributed by atoms with van der Waals surface area (Å²) in [4.78, 5) is 24.3. The lowest BCUT2D eigenvalue weighted by Crippen LogP contribution is -2.49. The molecule has 6 nitrogen and oxygen atoms in total. The minimum Gasteiger partial charge on any atom is -0.392 e. The number of amides is 3. The quantitative estimate of drug-likeness (QED) is 0.544. The predicted molar refractivity (Wildman–Crippen MR) is 61.5 cm³/mol. The number of urea groups is 1. The van der Waals surface area contributed by atoms with Crippen LogP contribution in [0.4, 0.5) is 4.79 Å². The molecule has 0 saturated heterocycles. The van der Waals surface area contributed by atoms with Crippen molar-refractivity contribution in [2.45, 2.75) is 13.0 Å². The number of rotatable bonds is 4. The minimum atomic E-state index is -0.532. The Bertz CT molecular complexity index is 269. The molecule has 0 bridgehead atoms. The van der Waals surface area contributed by atoms with Crippen LogP contribution in [-0.2, 0) is 4.79 Å². The van der Waals surface area contributed by atoms with Gasteiger partial charge in [-0.25, -0.2) is 4.79 Å². The van der Waals surface area contributed by atoms with Crippen LogP contribution >= 0.6 is 12.2 Å². The van der Waals surface area contributed by atoms with Gasteiger partial charge in [-0.1, -0.05) is 12.2 Å². The van der Waals surface area contributed by atoms with Gasteiger partial charge in [0, 0.05) is 13.6 Å². The number of likely N-dealkylation sites (N-methyl/N-ethyl adjacent to an activating group) is 1. The first-order valence-corrected chi connectivity index (χ1v) is 4.80. The van der Waals surface area contributed by atoms with Crippen molar-refractivity contribution >= 4 is 29.1 Å². The maximum atomic E-state index is 11.4. The average molecular weight is 232 g/mol. The zero-order valence-electron chi connectivity index (χ0n) is 9.03. The van der Waals surface area contributed by atoms with Crippen LogP contribution in [0, 0.1) is 0 Å². The van der Waals surface area contributed by atoms with Gasteiger partial charge in [-0.3, -0.25) is 15.0 Å². The van der Waals surface area contributed by atoms with E-state index in [1.807, 2.05) is 0 Å². The maximum absolute atomic E-state index is 11.4. The lowest BCUT2D eigenvalue weighted by molar-refractivity contribution is -0.124. The van der Waals surface area contributed by atoms with Crippen LogP contribution in [-0.4, -0.2) is 48.5 Å². The van der Waals surface area contributed by atoms with E-state index < -0.39 is 18.0 Å². The number of nitrogens with two attached hydrogens (primary N) is 1. The number of thiocarbonyl (C=S) groups is 1. The molecule has 0 aromatic rings. The third-order valence-corrected chi connectivity index (χ3v) is 2.04. The molecule has 1 atom stereocenters. The molecule has 0 heterocycles. The van der Waals surface area contributed by atoms with Crippen molar-refractivity contribution in [3.8, 4) is 0 Å². The van der Waals surface area contributed by atoms with E-state index in [-0.39, 0.29) is 0 Å². The van der Waals surface area contributed by atoms with Crippen molar-refractivity contribution in [2.24, 2.45) is 5.73 Å². The number of carbonyl (C=O) groups is 2. The van der Waals surface area contributed by atoms with Crippen LogP contribution in [0.1, 0.15) is 6.92 Å². The zero-order chi connectivity index (χ0) is 12.0. The number of imide groups is 1. The fraction of sp³-hybridized carbons (Fsp3) is 0.625. The fourth-order valence-electron chi connectivity index (χ4n) is 0.862. The molecule has 0 fully saturated rings. The van der Waals surface area contributed by atoms with Crippen molar-refractivity contribution in [3.63, 3.8) is 0 Å². The van der Waals surface area contributed by atoms with Crippen molar-refractivity contribution < 1.29 is 9.59 Å². The van der Waals surface area contributed by atoms with Crippen molar-refractivity contribution in [1.29, 1.82) is 0 Å². The van der Waals surface area contributed by atoms with E-state index in [0.29, 0.717) is 11.5 Å². The predicted octanol–water partition coefficient (Wildman–Crippen LogP) is -0.952. The van der Waals surface area contributed by atoms with Gasteiger partial charge in [0.2, 0.25) is 5.91 Å². The summed E-state index contributed by atoms with van der Waals surface area (Å²) in [5.41, 5.74) is 5.34. The van der Waals surface area contributed by atoms with E-state index in [2.05, 4.69) is 10.6 Å². The molecular formula is C8H16N4O2S. The smallest absolute Gasteiger partial charge is 0.321 e. The van der Waals surface area contributed by atoms with Gasteiger partial charge in [0.15, 0.2) is 0 Å². The van der Waals surface area contributed by atoms with Crippen LogP contribution < -0.4 is 16.4 Å². The molecule has 7 heteroatoms. The molecular weight excluding hydrogens is 216 g/mol. The first kappa shape index (κ1) is 13.8. The lowest BCUT2D eigenvalue weighted by Gasteiger charge is -2.22. The highest BCUT2D eigenvalue weighted by Crippen LogP contribution is 1.94. The molecule has 0 spiro atoms. The van der Waals surface area contributed by atoms with E-state index in [4.69, 9.17) is 18.0 Å². The summed E-state index contributed by atoms with van der Waals surface area (Å²) in [6, 6.07) is -1.00. The Hall–Kier alpha value is -1.21. The second-order valence-electron chi connectivity index (χ2n) is 3.13.